The van der Waals surface area contributed by atoms with E-state index in [4.69, 9.17) is 9.40 Å². The Labute approximate surface area is 246 Å². The highest BCUT2D eigenvalue weighted by molar-refractivity contribution is 7.21. The van der Waals surface area contributed by atoms with Crippen molar-refractivity contribution >= 4 is 43.5 Å². The third-order valence-corrected chi connectivity index (χ3v) is 8.84. The van der Waals surface area contributed by atoms with E-state index in [0.29, 0.717) is 5.56 Å². The summed E-state index contributed by atoms with van der Waals surface area (Å²) in [5, 5.41) is 12.5. The predicted molar refractivity (Wildman–Crippen MR) is 173 cm³/mol. The summed E-state index contributed by atoms with van der Waals surface area (Å²) in [5.74, 6) is 0. The summed E-state index contributed by atoms with van der Waals surface area (Å²) in [7, 11) is 0. The summed E-state index contributed by atoms with van der Waals surface area (Å²) in [6.45, 7) is 0. The van der Waals surface area contributed by atoms with Crippen LogP contribution in [0.3, 0.4) is 0 Å². The molecular formula is C38H22N2OS. The summed E-state index contributed by atoms with van der Waals surface area (Å²) < 4.78 is 7.47. The number of aromatic nitrogens is 1. The molecule has 2 aromatic heterocycles. The van der Waals surface area contributed by atoms with Gasteiger partial charge >= 0.3 is 0 Å². The van der Waals surface area contributed by atoms with Gasteiger partial charge in [-0.1, -0.05) is 84.9 Å². The van der Waals surface area contributed by atoms with Crippen LogP contribution in [0.1, 0.15) is 5.56 Å². The molecule has 0 aliphatic rings. The Bertz CT molecular complexity index is 2270. The van der Waals surface area contributed by atoms with Gasteiger partial charge in [-0.25, -0.2) is 4.98 Å². The lowest BCUT2D eigenvalue weighted by atomic mass is 9.94. The number of furan rings is 1. The lowest BCUT2D eigenvalue weighted by Crippen LogP contribution is -1.87. The van der Waals surface area contributed by atoms with Crippen molar-refractivity contribution in [2.45, 2.75) is 0 Å². The number of para-hydroxylation sites is 3. The smallest absolute Gasteiger partial charge is 0.143 e. The van der Waals surface area contributed by atoms with Crippen molar-refractivity contribution in [3.8, 4) is 50.0 Å². The number of nitriles is 1. The van der Waals surface area contributed by atoms with Crippen LogP contribution in [-0.4, -0.2) is 4.98 Å². The van der Waals surface area contributed by atoms with Gasteiger partial charge in [0.2, 0.25) is 0 Å². The number of thiazole rings is 1. The standard InChI is InChI=1S/C38H22N2OS/c39-23-24-12-14-25(15-13-24)28-20-29(22-30(21-28)38-40-34-9-2-4-11-36(34)42-38)26-16-18-27(19-17-26)31-7-5-8-33-32-6-1-3-10-35(32)41-37(31)33/h1-22H. The van der Waals surface area contributed by atoms with E-state index in [1.54, 1.807) is 11.3 Å². The fraction of sp³-hybridized carbons (Fsp3) is 0. The van der Waals surface area contributed by atoms with Crippen LogP contribution in [0.15, 0.2) is 138 Å². The number of hydrogen-bond acceptors (Lipinski definition) is 4. The van der Waals surface area contributed by atoms with Gasteiger partial charge in [-0.15, -0.1) is 11.3 Å². The van der Waals surface area contributed by atoms with Gasteiger partial charge in [0.1, 0.15) is 16.2 Å². The highest BCUT2D eigenvalue weighted by Gasteiger charge is 2.14. The van der Waals surface area contributed by atoms with Gasteiger partial charge in [0.25, 0.3) is 0 Å². The third-order valence-electron chi connectivity index (χ3n) is 7.75. The minimum atomic E-state index is 0.649. The van der Waals surface area contributed by atoms with Gasteiger partial charge in [0.15, 0.2) is 0 Å². The Morgan fingerprint density at radius 3 is 1.98 bits per heavy atom. The third kappa shape index (κ3) is 4.16. The Balaban J connectivity index is 1.24. The van der Waals surface area contributed by atoms with Gasteiger partial charge in [0, 0.05) is 21.9 Å². The molecule has 42 heavy (non-hydrogen) atoms. The molecule has 0 aliphatic heterocycles. The Morgan fingerprint density at radius 1 is 0.571 bits per heavy atom. The van der Waals surface area contributed by atoms with Crippen molar-refractivity contribution in [3.05, 3.63) is 139 Å². The molecule has 0 unspecified atom stereocenters. The maximum Gasteiger partial charge on any atom is 0.143 e. The van der Waals surface area contributed by atoms with E-state index < -0.39 is 0 Å². The van der Waals surface area contributed by atoms with Crippen molar-refractivity contribution in [2.24, 2.45) is 0 Å². The second-order valence-corrected chi connectivity index (χ2v) is 11.4. The first kappa shape index (κ1) is 24.3. The minimum absolute atomic E-state index is 0.649. The van der Waals surface area contributed by atoms with Crippen LogP contribution < -0.4 is 0 Å². The fourth-order valence-corrected chi connectivity index (χ4v) is 6.59. The number of rotatable bonds is 4. The summed E-state index contributed by atoms with van der Waals surface area (Å²) in [6, 6.07) is 48.1. The van der Waals surface area contributed by atoms with Gasteiger partial charge in [-0.05, 0) is 76.3 Å². The molecule has 0 atom stereocenters. The molecule has 0 amide bonds. The quantitative estimate of drug-likeness (QED) is 0.217. The predicted octanol–water partition coefficient (Wildman–Crippen LogP) is 10.7. The van der Waals surface area contributed by atoms with E-state index in [2.05, 4.69) is 91.0 Å². The van der Waals surface area contributed by atoms with Crippen molar-refractivity contribution in [3.63, 3.8) is 0 Å². The second-order valence-electron chi connectivity index (χ2n) is 10.3. The van der Waals surface area contributed by atoms with Crippen LogP contribution >= 0.6 is 11.3 Å². The highest BCUT2D eigenvalue weighted by Crippen LogP contribution is 2.39. The van der Waals surface area contributed by atoms with E-state index in [-0.39, 0.29) is 0 Å². The van der Waals surface area contributed by atoms with Crippen LogP contribution in [0.2, 0.25) is 0 Å². The van der Waals surface area contributed by atoms with Crippen LogP contribution in [0, 0.1) is 11.3 Å². The van der Waals surface area contributed by atoms with Crippen molar-refractivity contribution in [1.82, 2.24) is 4.98 Å². The van der Waals surface area contributed by atoms with Crippen LogP contribution in [0.25, 0.3) is 76.1 Å². The first-order valence-electron chi connectivity index (χ1n) is 13.8. The van der Waals surface area contributed by atoms with Crippen molar-refractivity contribution < 1.29 is 4.42 Å². The molecule has 2 heterocycles. The molecule has 0 N–H and O–H groups in total. The summed E-state index contributed by atoms with van der Waals surface area (Å²) in [6.07, 6.45) is 0. The SMILES string of the molecule is N#Cc1ccc(-c2cc(-c3ccc(-c4cccc5c4oc4ccccc45)cc3)cc(-c3nc4ccccc4s3)c2)cc1. The average molecular weight is 555 g/mol. The second kappa shape index (κ2) is 9.85. The van der Waals surface area contributed by atoms with Gasteiger partial charge in [0.05, 0.1) is 21.8 Å². The minimum Gasteiger partial charge on any atom is -0.455 e. The maximum absolute atomic E-state index is 9.29. The molecule has 0 aliphatic carbocycles. The highest BCUT2D eigenvalue weighted by atomic mass is 32.1. The fourth-order valence-electron chi connectivity index (χ4n) is 5.63. The van der Waals surface area contributed by atoms with Crippen LogP contribution in [0.5, 0.6) is 0 Å². The lowest BCUT2D eigenvalue weighted by molar-refractivity contribution is 0.670. The molecule has 0 saturated heterocycles. The first-order valence-corrected chi connectivity index (χ1v) is 14.6. The molecule has 3 nitrogen and oxygen atoms in total. The molecule has 196 valence electrons. The Hall–Kier alpha value is -5.50. The molecule has 4 heteroatoms. The van der Waals surface area contributed by atoms with Gasteiger partial charge in [-0.3, -0.25) is 0 Å². The van der Waals surface area contributed by atoms with Crippen molar-refractivity contribution in [1.29, 1.82) is 5.26 Å². The molecular weight excluding hydrogens is 532 g/mol. The number of nitrogens with zero attached hydrogens (tertiary/aromatic N) is 2. The van der Waals surface area contributed by atoms with Crippen LogP contribution in [0.4, 0.5) is 0 Å². The monoisotopic (exact) mass is 554 g/mol. The molecule has 0 bridgehead atoms. The first-order chi connectivity index (χ1) is 20.7. The largest absolute Gasteiger partial charge is 0.455 e. The van der Waals surface area contributed by atoms with Crippen LogP contribution in [-0.2, 0) is 0 Å². The van der Waals surface area contributed by atoms with E-state index in [9.17, 15) is 5.26 Å². The molecule has 0 saturated carbocycles. The summed E-state index contributed by atoms with van der Waals surface area (Å²) in [4.78, 5) is 4.95. The van der Waals surface area contributed by atoms with E-state index in [1.807, 2.05) is 48.5 Å². The molecule has 8 aromatic rings. The molecule has 0 radical (unpaired) electrons. The average Bonchev–Trinajstić information content (AvgIpc) is 3.67. The molecule has 0 spiro atoms. The number of hydrogen-bond donors (Lipinski definition) is 0. The topological polar surface area (TPSA) is 49.8 Å². The normalized spacial score (nSPS) is 11.3. The van der Waals surface area contributed by atoms with E-state index in [1.165, 1.54) is 4.70 Å². The summed E-state index contributed by atoms with van der Waals surface area (Å²) in [5.41, 5.74) is 11.1. The molecule has 6 aromatic carbocycles. The van der Waals surface area contributed by atoms with E-state index in [0.717, 1.165) is 71.4 Å². The van der Waals surface area contributed by atoms with E-state index >= 15 is 0 Å². The Kier molecular flexibility index (Phi) is 5.70. The molecule has 0 fully saturated rings. The zero-order valence-corrected chi connectivity index (χ0v) is 23.2. The maximum atomic E-state index is 9.29. The summed E-state index contributed by atoms with van der Waals surface area (Å²) >= 11 is 1.70. The lowest BCUT2D eigenvalue weighted by Gasteiger charge is -2.11. The number of benzene rings is 6. The number of fused-ring (bicyclic) bond motifs is 4. The zero-order chi connectivity index (χ0) is 28.0. The molecule has 8 rings (SSSR count). The zero-order valence-electron chi connectivity index (χ0n) is 22.4. The van der Waals surface area contributed by atoms with Gasteiger partial charge < -0.3 is 4.42 Å². The Morgan fingerprint density at radius 2 is 1.21 bits per heavy atom. The van der Waals surface area contributed by atoms with Gasteiger partial charge in [-0.2, -0.15) is 5.26 Å². The van der Waals surface area contributed by atoms with Crippen molar-refractivity contribution in [2.75, 3.05) is 0 Å².